The Balaban J connectivity index is 1.99. The second kappa shape index (κ2) is 4.56. The molecule has 0 saturated carbocycles. The lowest BCUT2D eigenvalue weighted by atomic mass is 10.1. The number of morpholine rings is 1. The van der Waals surface area contributed by atoms with E-state index in [1.54, 1.807) is 10.7 Å². The van der Waals surface area contributed by atoms with E-state index in [0.29, 0.717) is 17.8 Å². The van der Waals surface area contributed by atoms with Gasteiger partial charge in [0.2, 0.25) is 0 Å². The van der Waals surface area contributed by atoms with E-state index in [1.165, 1.54) is 6.92 Å². The van der Waals surface area contributed by atoms with Crippen molar-refractivity contribution in [2.45, 2.75) is 26.4 Å². The second-order valence-corrected chi connectivity index (χ2v) is 5.70. The van der Waals surface area contributed by atoms with Gasteiger partial charge in [0.05, 0.1) is 24.0 Å². The van der Waals surface area contributed by atoms with Crippen molar-refractivity contribution in [2.75, 3.05) is 24.6 Å². The number of rotatable bonds is 2. The van der Waals surface area contributed by atoms with Gasteiger partial charge in [-0.05, 0) is 26.8 Å². The van der Waals surface area contributed by atoms with E-state index in [0.717, 1.165) is 18.9 Å². The Labute approximate surface area is 117 Å². The average Bonchev–Trinajstić information content (AvgIpc) is 2.80. The topological polar surface area (TPSA) is 59.7 Å². The molecule has 0 amide bonds. The largest absolute Gasteiger partial charge is 0.372 e. The Kier molecular flexibility index (Phi) is 2.97. The molecule has 3 rings (SSSR count). The van der Waals surface area contributed by atoms with Gasteiger partial charge in [-0.15, -0.1) is 0 Å². The number of Topliss-reactive ketones (excluding diaryl/α,β-unsaturated/α-hetero) is 1. The lowest BCUT2D eigenvalue weighted by Crippen LogP contribution is -2.48. The summed E-state index contributed by atoms with van der Waals surface area (Å²) in [5.41, 5.74) is 0.981. The van der Waals surface area contributed by atoms with Crippen LogP contribution in [0.15, 0.2) is 18.5 Å². The van der Waals surface area contributed by atoms with Crippen LogP contribution in [0.3, 0.4) is 0 Å². The van der Waals surface area contributed by atoms with Crippen molar-refractivity contribution in [3.05, 3.63) is 24.0 Å². The number of anilines is 1. The maximum atomic E-state index is 11.6. The molecule has 3 heterocycles. The Bertz CT molecular complexity index is 662. The fourth-order valence-electron chi connectivity index (χ4n) is 2.50. The van der Waals surface area contributed by atoms with Crippen molar-refractivity contribution in [1.82, 2.24) is 14.6 Å². The highest BCUT2D eigenvalue weighted by Crippen LogP contribution is 2.22. The zero-order valence-electron chi connectivity index (χ0n) is 12.0. The van der Waals surface area contributed by atoms with Crippen molar-refractivity contribution in [2.24, 2.45) is 0 Å². The third-order valence-electron chi connectivity index (χ3n) is 3.48. The van der Waals surface area contributed by atoms with Crippen LogP contribution in [0.4, 0.5) is 5.82 Å². The molecule has 0 bridgehead atoms. The molecule has 2 aromatic heterocycles. The molecule has 0 aromatic carbocycles. The molecule has 1 saturated heterocycles. The fourth-order valence-corrected chi connectivity index (χ4v) is 2.50. The van der Waals surface area contributed by atoms with Crippen LogP contribution >= 0.6 is 0 Å². The zero-order valence-corrected chi connectivity index (χ0v) is 12.0. The summed E-state index contributed by atoms with van der Waals surface area (Å²) in [4.78, 5) is 18.4. The van der Waals surface area contributed by atoms with Crippen LogP contribution in [0.1, 0.15) is 31.1 Å². The lowest BCUT2D eigenvalue weighted by molar-refractivity contribution is -0.0279. The first-order valence-electron chi connectivity index (χ1n) is 6.70. The molecule has 1 aliphatic heterocycles. The summed E-state index contributed by atoms with van der Waals surface area (Å²) < 4.78 is 7.34. The molecule has 0 spiro atoms. The second-order valence-electron chi connectivity index (χ2n) is 5.70. The minimum Gasteiger partial charge on any atom is -0.372 e. The molecule has 0 N–H and O–H groups in total. The number of aromatic nitrogens is 3. The van der Waals surface area contributed by atoms with Gasteiger partial charge in [0.15, 0.2) is 11.4 Å². The maximum Gasteiger partial charge on any atom is 0.168 e. The predicted molar refractivity (Wildman–Crippen MR) is 75.2 cm³/mol. The van der Waals surface area contributed by atoms with Gasteiger partial charge >= 0.3 is 0 Å². The molecule has 106 valence electrons. The van der Waals surface area contributed by atoms with Gasteiger partial charge in [0, 0.05) is 19.3 Å². The van der Waals surface area contributed by atoms with Crippen LogP contribution in [0.2, 0.25) is 0 Å². The van der Waals surface area contributed by atoms with Gasteiger partial charge in [-0.2, -0.15) is 5.10 Å². The number of carbonyl (C=O) groups is 1. The first-order valence-corrected chi connectivity index (χ1v) is 6.70. The molecule has 0 radical (unpaired) electrons. The van der Waals surface area contributed by atoms with Crippen LogP contribution in [-0.2, 0) is 4.74 Å². The molecule has 2 aromatic rings. The number of carbonyl (C=O) groups excluding carboxylic acids is 1. The minimum absolute atomic E-state index is 0.0213. The van der Waals surface area contributed by atoms with Crippen LogP contribution in [0, 0.1) is 0 Å². The fraction of sp³-hybridized carbons (Fsp3) is 0.500. The van der Waals surface area contributed by atoms with Crippen molar-refractivity contribution in [1.29, 1.82) is 0 Å². The Hall–Kier alpha value is -1.95. The first kappa shape index (κ1) is 13.1. The summed E-state index contributed by atoms with van der Waals surface area (Å²) in [6.45, 7) is 7.92. The summed E-state index contributed by atoms with van der Waals surface area (Å²) >= 11 is 0. The van der Waals surface area contributed by atoms with Crippen LogP contribution < -0.4 is 4.90 Å². The molecule has 1 aliphatic rings. The highest BCUT2D eigenvalue weighted by atomic mass is 16.5. The maximum absolute atomic E-state index is 11.6. The standard InChI is InChI=1S/C14H18N4O2/c1-10(19)11-8-15-18-5-4-12(16-13(11)18)17-6-7-20-14(2,3)9-17/h4-5,8H,6-7,9H2,1-3H3. The Morgan fingerprint density at radius 1 is 1.45 bits per heavy atom. The summed E-state index contributed by atoms with van der Waals surface area (Å²) in [7, 11) is 0. The van der Waals surface area contributed by atoms with Gasteiger partial charge in [0.25, 0.3) is 0 Å². The Morgan fingerprint density at radius 2 is 2.25 bits per heavy atom. The van der Waals surface area contributed by atoms with E-state index in [9.17, 15) is 4.79 Å². The van der Waals surface area contributed by atoms with Gasteiger partial charge < -0.3 is 9.64 Å². The van der Waals surface area contributed by atoms with Gasteiger partial charge in [-0.25, -0.2) is 9.50 Å². The average molecular weight is 274 g/mol. The molecular weight excluding hydrogens is 256 g/mol. The number of nitrogens with zero attached hydrogens (tertiary/aromatic N) is 4. The SMILES string of the molecule is CC(=O)c1cnn2ccc(N3CCOC(C)(C)C3)nc12. The van der Waals surface area contributed by atoms with Crippen LogP contribution in [-0.4, -0.2) is 45.7 Å². The minimum atomic E-state index is -0.185. The van der Waals surface area contributed by atoms with Crippen molar-refractivity contribution >= 4 is 17.2 Å². The Morgan fingerprint density at radius 3 is 2.95 bits per heavy atom. The molecule has 6 nitrogen and oxygen atoms in total. The number of ketones is 1. The highest BCUT2D eigenvalue weighted by Gasteiger charge is 2.28. The van der Waals surface area contributed by atoms with Crippen LogP contribution in [0.5, 0.6) is 0 Å². The van der Waals surface area contributed by atoms with E-state index in [1.807, 2.05) is 12.3 Å². The molecule has 20 heavy (non-hydrogen) atoms. The quantitative estimate of drug-likeness (QED) is 0.778. The molecular formula is C14H18N4O2. The van der Waals surface area contributed by atoms with Crippen molar-refractivity contribution in [3.8, 4) is 0 Å². The van der Waals surface area contributed by atoms with Gasteiger partial charge in [-0.1, -0.05) is 0 Å². The smallest absolute Gasteiger partial charge is 0.168 e. The van der Waals surface area contributed by atoms with E-state index >= 15 is 0 Å². The normalized spacial score (nSPS) is 18.4. The van der Waals surface area contributed by atoms with E-state index in [4.69, 9.17) is 4.74 Å². The third-order valence-corrected chi connectivity index (χ3v) is 3.48. The molecule has 0 atom stereocenters. The number of ether oxygens (including phenoxy) is 1. The van der Waals surface area contributed by atoms with Crippen molar-refractivity contribution < 1.29 is 9.53 Å². The highest BCUT2D eigenvalue weighted by molar-refractivity contribution is 5.99. The van der Waals surface area contributed by atoms with E-state index < -0.39 is 0 Å². The first-order chi connectivity index (χ1) is 9.46. The predicted octanol–water partition coefficient (Wildman–Crippen LogP) is 1.55. The number of hydrogen-bond acceptors (Lipinski definition) is 5. The summed E-state index contributed by atoms with van der Waals surface area (Å²) in [5, 5.41) is 4.14. The lowest BCUT2D eigenvalue weighted by Gasteiger charge is -2.38. The summed E-state index contributed by atoms with van der Waals surface area (Å²) in [6, 6.07) is 1.92. The monoisotopic (exact) mass is 274 g/mol. The molecule has 0 aliphatic carbocycles. The molecule has 6 heteroatoms. The van der Waals surface area contributed by atoms with Gasteiger partial charge in [0.1, 0.15) is 5.82 Å². The summed E-state index contributed by atoms with van der Waals surface area (Å²) in [5.74, 6) is 0.837. The van der Waals surface area contributed by atoms with Crippen molar-refractivity contribution in [3.63, 3.8) is 0 Å². The zero-order chi connectivity index (χ0) is 14.3. The molecule has 1 fully saturated rings. The van der Waals surface area contributed by atoms with Gasteiger partial charge in [-0.3, -0.25) is 4.79 Å². The van der Waals surface area contributed by atoms with E-state index in [2.05, 4.69) is 28.8 Å². The number of fused-ring (bicyclic) bond motifs is 1. The summed E-state index contributed by atoms with van der Waals surface area (Å²) in [6.07, 6.45) is 3.41. The van der Waals surface area contributed by atoms with Crippen LogP contribution in [0.25, 0.3) is 5.65 Å². The number of hydrogen-bond donors (Lipinski definition) is 0. The van der Waals surface area contributed by atoms with E-state index in [-0.39, 0.29) is 11.4 Å². The third kappa shape index (κ3) is 2.27. The molecule has 0 unspecified atom stereocenters.